The zero-order chi connectivity index (χ0) is 14.0. The Labute approximate surface area is 129 Å². The molecule has 2 N–H and O–H groups in total. The van der Waals surface area contributed by atoms with Crippen molar-refractivity contribution in [3.8, 4) is 0 Å². The molecule has 114 valence electrons. The topological polar surface area (TPSA) is 54.0 Å². The summed E-state index contributed by atoms with van der Waals surface area (Å²) in [4.78, 5) is 2.40. The number of likely N-dealkylation sites (tertiary alicyclic amines) is 1. The third-order valence-corrected chi connectivity index (χ3v) is 3.88. The molecular formula is C14H20ClFN5+. The highest BCUT2D eigenvalue weighted by molar-refractivity contribution is 5.85. The lowest BCUT2D eigenvalue weighted by Gasteiger charge is -2.25. The lowest BCUT2D eigenvalue weighted by molar-refractivity contribution is 0.277. The van der Waals surface area contributed by atoms with Crippen LogP contribution in [0.3, 0.4) is 0 Å². The van der Waals surface area contributed by atoms with E-state index in [-0.39, 0.29) is 22.8 Å². The van der Waals surface area contributed by atoms with Crippen molar-refractivity contribution in [1.29, 1.82) is 0 Å². The van der Waals surface area contributed by atoms with E-state index in [1.807, 2.05) is 6.07 Å². The highest BCUT2D eigenvalue weighted by Crippen LogP contribution is 2.30. The summed E-state index contributed by atoms with van der Waals surface area (Å²) in [5.41, 5.74) is 6.50. The Bertz CT molecular complexity index is 556. The molecule has 7 heteroatoms. The van der Waals surface area contributed by atoms with E-state index in [2.05, 4.69) is 15.2 Å². The molecule has 21 heavy (non-hydrogen) atoms. The number of rotatable bonds is 4. The second kappa shape index (κ2) is 6.51. The molecule has 1 atom stereocenters. The molecule has 0 saturated carbocycles. The Balaban J connectivity index is 0.00000161. The molecule has 2 aliphatic rings. The molecule has 1 fully saturated rings. The van der Waals surface area contributed by atoms with Crippen molar-refractivity contribution in [3.63, 3.8) is 0 Å². The third kappa shape index (κ3) is 3.40. The zero-order valence-electron chi connectivity index (χ0n) is 11.8. The van der Waals surface area contributed by atoms with Crippen LogP contribution in [0.1, 0.15) is 12.8 Å². The van der Waals surface area contributed by atoms with Crippen molar-refractivity contribution >= 4 is 18.1 Å². The summed E-state index contributed by atoms with van der Waals surface area (Å²) in [6.07, 6.45) is 4.28. The van der Waals surface area contributed by atoms with E-state index in [1.54, 1.807) is 12.3 Å². The Hall–Kier alpha value is -1.50. The van der Waals surface area contributed by atoms with E-state index in [0.29, 0.717) is 12.4 Å². The van der Waals surface area contributed by atoms with Crippen LogP contribution in [-0.4, -0.2) is 31.1 Å². The molecule has 2 heterocycles. The largest absolute Gasteiger partial charge is 0.378 e. The first-order valence-corrected chi connectivity index (χ1v) is 6.96. The molecule has 1 unspecified atom stereocenters. The standard InChI is InChI=1S/C14H19FN5.ClH/c15-12-4-3-5-13(10-12)20(11-14(16)17-18-20)9-8-19-6-1-2-7-19;/h3-5,10-11H,1-2,6-9,16H2;1H/q+1;. The van der Waals surface area contributed by atoms with Crippen molar-refractivity contribution in [2.45, 2.75) is 12.8 Å². The van der Waals surface area contributed by atoms with Crippen LogP contribution < -0.4 is 10.3 Å². The van der Waals surface area contributed by atoms with Crippen LogP contribution in [0.15, 0.2) is 46.6 Å². The van der Waals surface area contributed by atoms with Gasteiger partial charge >= 0.3 is 0 Å². The summed E-state index contributed by atoms with van der Waals surface area (Å²) in [5.74, 6) is 0.117. The van der Waals surface area contributed by atoms with Gasteiger partial charge in [0.05, 0.1) is 6.54 Å². The molecule has 1 saturated heterocycles. The number of nitrogens with two attached hydrogens (primary N) is 1. The zero-order valence-corrected chi connectivity index (χ0v) is 12.6. The van der Waals surface area contributed by atoms with Gasteiger partial charge in [-0.1, -0.05) is 11.2 Å². The fraction of sp³-hybridized carbons (Fsp3) is 0.429. The highest BCUT2D eigenvalue weighted by atomic mass is 35.5. The molecule has 0 radical (unpaired) electrons. The van der Waals surface area contributed by atoms with Gasteiger partial charge in [-0.15, -0.1) is 17.0 Å². The van der Waals surface area contributed by atoms with Gasteiger partial charge in [-0.2, -0.15) is 0 Å². The van der Waals surface area contributed by atoms with Gasteiger partial charge in [-0.05, 0) is 32.0 Å². The van der Waals surface area contributed by atoms with E-state index in [0.717, 1.165) is 25.3 Å². The highest BCUT2D eigenvalue weighted by Gasteiger charge is 2.35. The molecular weight excluding hydrogens is 293 g/mol. The molecule has 1 aromatic carbocycles. The van der Waals surface area contributed by atoms with Crippen LogP contribution in [-0.2, 0) is 0 Å². The first-order chi connectivity index (χ1) is 9.68. The number of nitrogens with zero attached hydrogens (tertiary/aromatic N) is 4. The summed E-state index contributed by atoms with van der Waals surface area (Å²) < 4.78 is 13.6. The fourth-order valence-electron chi connectivity index (χ4n) is 2.78. The van der Waals surface area contributed by atoms with Crippen LogP contribution in [0.4, 0.5) is 10.1 Å². The smallest absolute Gasteiger partial charge is 0.208 e. The molecule has 5 nitrogen and oxygen atoms in total. The van der Waals surface area contributed by atoms with E-state index >= 15 is 0 Å². The van der Waals surface area contributed by atoms with Crippen molar-refractivity contribution in [2.75, 3.05) is 26.2 Å². The van der Waals surface area contributed by atoms with Crippen LogP contribution in [0.5, 0.6) is 0 Å². The van der Waals surface area contributed by atoms with E-state index in [1.165, 1.54) is 25.0 Å². The molecule has 0 spiro atoms. The van der Waals surface area contributed by atoms with Gasteiger partial charge in [0.2, 0.25) is 5.82 Å². The Morgan fingerprint density at radius 3 is 2.67 bits per heavy atom. The molecule has 0 amide bonds. The number of hydrogen-bond donors (Lipinski definition) is 1. The first kappa shape index (κ1) is 15.9. The normalized spacial score (nSPS) is 24.9. The maximum atomic E-state index is 13.5. The summed E-state index contributed by atoms with van der Waals surface area (Å²) in [6, 6.07) is 6.48. The Morgan fingerprint density at radius 1 is 1.29 bits per heavy atom. The summed E-state index contributed by atoms with van der Waals surface area (Å²) in [7, 11) is 0. The van der Waals surface area contributed by atoms with Gasteiger partial charge in [0, 0.05) is 17.4 Å². The average Bonchev–Trinajstić information content (AvgIpc) is 3.07. The molecule has 1 aromatic rings. The van der Waals surface area contributed by atoms with Crippen molar-refractivity contribution in [1.82, 2.24) is 9.49 Å². The summed E-state index contributed by atoms with van der Waals surface area (Å²) >= 11 is 0. The predicted molar refractivity (Wildman–Crippen MR) is 83.1 cm³/mol. The van der Waals surface area contributed by atoms with Gasteiger partial charge in [-0.3, -0.25) is 4.90 Å². The lowest BCUT2D eigenvalue weighted by Crippen LogP contribution is -2.43. The van der Waals surface area contributed by atoms with Crippen molar-refractivity contribution < 1.29 is 4.39 Å². The van der Waals surface area contributed by atoms with Gasteiger partial charge in [0.25, 0.3) is 0 Å². The van der Waals surface area contributed by atoms with E-state index in [4.69, 9.17) is 5.73 Å². The maximum Gasteiger partial charge on any atom is 0.208 e. The minimum absolute atomic E-state index is 0. The van der Waals surface area contributed by atoms with E-state index in [9.17, 15) is 4.39 Å². The van der Waals surface area contributed by atoms with Gasteiger partial charge in [-0.25, -0.2) is 4.39 Å². The van der Waals surface area contributed by atoms with Gasteiger partial charge in [0.1, 0.15) is 12.4 Å². The van der Waals surface area contributed by atoms with E-state index < -0.39 is 0 Å². The van der Waals surface area contributed by atoms with Gasteiger partial charge < -0.3 is 5.73 Å². The minimum Gasteiger partial charge on any atom is -0.378 e. The SMILES string of the molecule is Cl.NC1=C[N+](CCN2CCCC2)(c2cccc(F)c2)N=N1. The quantitative estimate of drug-likeness (QED) is 0.869. The monoisotopic (exact) mass is 312 g/mol. The summed E-state index contributed by atoms with van der Waals surface area (Å²) in [5, 5.41) is 8.21. The van der Waals surface area contributed by atoms with Crippen LogP contribution in [0.2, 0.25) is 0 Å². The number of benzene rings is 1. The molecule has 2 aliphatic heterocycles. The maximum absolute atomic E-state index is 13.5. The average molecular weight is 313 g/mol. The van der Waals surface area contributed by atoms with Crippen molar-refractivity contribution in [3.05, 3.63) is 42.1 Å². The van der Waals surface area contributed by atoms with Crippen LogP contribution >= 0.6 is 12.4 Å². The third-order valence-electron chi connectivity index (χ3n) is 3.88. The van der Waals surface area contributed by atoms with Crippen molar-refractivity contribution in [2.24, 2.45) is 16.1 Å². The predicted octanol–water partition coefficient (Wildman–Crippen LogP) is 2.79. The lowest BCUT2D eigenvalue weighted by atomic mass is 10.2. The number of hydrogen-bond acceptors (Lipinski definition) is 4. The van der Waals surface area contributed by atoms with Crippen LogP contribution in [0.25, 0.3) is 0 Å². The number of quaternary nitrogens is 1. The summed E-state index contributed by atoms with van der Waals surface area (Å²) in [6.45, 7) is 3.87. The second-order valence-electron chi connectivity index (χ2n) is 5.32. The molecule has 0 aliphatic carbocycles. The first-order valence-electron chi connectivity index (χ1n) is 6.96. The Morgan fingerprint density at radius 2 is 2.05 bits per heavy atom. The molecule has 0 aromatic heterocycles. The van der Waals surface area contributed by atoms with Gasteiger partial charge in [0.15, 0.2) is 11.9 Å². The Kier molecular flexibility index (Phi) is 4.92. The molecule has 0 bridgehead atoms. The number of halogens is 2. The van der Waals surface area contributed by atoms with Crippen LogP contribution in [0, 0.1) is 5.82 Å². The second-order valence-corrected chi connectivity index (χ2v) is 5.32. The minimum atomic E-state index is -0.268. The fourth-order valence-corrected chi connectivity index (χ4v) is 2.78. The molecule has 3 rings (SSSR count).